The van der Waals surface area contributed by atoms with Crippen molar-refractivity contribution in [3.63, 3.8) is 0 Å². The maximum atomic E-state index is 3.20. The van der Waals surface area contributed by atoms with Crippen LogP contribution in [0.2, 0.25) is 0 Å². The summed E-state index contributed by atoms with van der Waals surface area (Å²) >= 11 is 1.86. The fourth-order valence-corrected chi connectivity index (χ4v) is 2.65. The molecule has 1 heterocycles. The number of nitrogens with one attached hydrogen (secondary N) is 1. The zero-order chi connectivity index (χ0) is 12.5. The molecule has 0 atom stereocenters. The molecule has 3 heteroatoms. The second-order valence-electron chi connectivity index (χ2n) is 4.81. The van der Waals surface area contributed by atoms with Crippen molar-refractivity contribution in [1.82, 2.24) is 10.2 Å². The molecule has 0 aliphatic heterocycles. The summed E-state index contributed by atoms with van der Waals surface area (Å²) in [5, 5.41) is 5.37. The Morgan fingerprint density at radius 2 is 2.12 bits per heavy atom. The number of unbranched alkanes of at least 4 members (excludes halogenated alkanes) is 2. The van der Waals surface area contributed by atoms with Crippen LogP contribution in [0.3, 0.4) is 0 Å². The Kier molecular flexibility index (Phi) is 7.49. The molecule has 0 aromatic carbocycles. The minimum atomic E-state index is 0.640. The smallest absolute Gasteiger partial charge is 0.0330 e. The van der Waals surface area contributed by atoms with E-state index in [1.807, 2.05) is 18.4 Å². The van der Waals surface area contributed by atoms with Crippen LogP contribution in [-0.2, 0) is 6.54 Å². The third kappa shape index (κ3) is 6.20. The van der Waals surface area contributed by atoms with Crippen LogP contribution >= 0.6 is 11.3 Å². The third-order valence-corrected chi connectivity index (χ3v) is 3.90. The van der Waals surface area contributed by atoms with E-state index >= 15 is 0 Å². The molecule has 1 N–H and O–H groups in total. The van der Waals surface area contributed by atoms with Gasteiger partial charge in [-0.3, -0.25) is 4.90 Å². The second kappa shape index (κ2) is 8.67. The minimum Gasteiger partial charge on any atom is -0.320 e. The van der Waals surface area contributed by atoms with Crippen LogP contribution in [-0.4, -0.2) is 31.1 Å². The van der Waals surface area contributed by atoms with Crippen molar-refractivity contribution in [2.24, 2.45) is 0 Å². The van der Waals surface area contributed by atoms with Crippen LogP contribution in [0.15, 0.2) is 17.5 Å². The Morgan fingerprint density at radius 1 is 1.29 bits per heavy atom. The molecule has 1 rings (SSSR count). The summed E-state index contributed by atoms with van der Waals surface area (Å²) in [6.07, 6.45) is 3.93. The summed E-state index contributed by atoms with van der Waals surface area (Å²) < 4.78 is 0. The van der Waals surface area contributed by atoms with Crippen LogP contribution in [0.4, 0.5) is 0 Å². The molecule has 0 saturated heterocycles. The number of thiophene rings is 1. The van der Waals surface area contributed by atoms with Crippen LogP contribution in [0.1, 0.15) is 38.0 Å². The monoisotopic (exact) mass is 254 g/mol. The van der Waals surface area contributed by atoms with Gasteiger partial charge >= 0.3 is 0 Å². The Labute approximate surface area is 110 Å². The highest BCUT2D eigenvalue weighted by Gasteiger charge is 2.09. The lowest BCUT2D eigenvalue weighted by molar-refractivity contribution is 0.210. The summed E-state index contributed by atoms with van der Waals surface area (Å²) in [6.45, 7) is 8.07. The Balaban J connectivity index is 2.24. The fraction of sp³-hybridized carbons (Fsp3) is 0.714. The molecular weight excluding hydrogens is 228 g/mol. The predicted octanol–water partition coefficient (Wildman–Crippen LogP) is 3.35. The van der Waals surface area contributed by atoms with Gasteiger partial charge in [0.15, 0.2) is 0 Å². The highest BCUT2D eigenvalue weighted by molar-refractivity contribution is 7.09. The van der Waals surface area contributed by atoms with Gasteiger partial charge in [-0.25, -0.2) is 0 Å². The highest BCUT2D eigenvalue weighted by atomic mass is 32.1. The quantitative estimate of drug-likeness (QED) is 0.680. The molecule has 0 amide bonds. The van der Waals surface area contributed by atoms with E-state index in [2.05, 4.69) is 41.6 Å². The van der Waals surface area contributed by atoms with E-state index in [-0.39, 0.29) is 0 Å². The van der Waals surface area contributed by atoms with Crippen molar-refractivity contribution in [3.8, 4) is 0 Å². The molecule has 0 fully saturated rings. The maximum absolute atomic E-state index is 3.20. The number of nitrogens with zero attached hydrogens (tertiary/aromatic N) is 1. The van der Waals surface area contributed by atoms with Gasteiger partial charge in [0, 0.05) is 17.5 Å². The lowest BCUT2D eigenvalue weighted by atomic mass is 10.2. The highest BCUT2D eigenvalue weighted by Crippen LogP contribution is 2.14. The first kappa shape index (κ1) is 14.7. The first-order chi connectivity index (χ1) is 8.24. The first-order valence-electron chi connectivity index (χ1n) is 6.65. The van der Waals surface area contributed by atoms with E-state index < -0.39 is 0 Å². The van der Waals surface area contributed by atoms with Gasteiger partial charge in [0.1, 0.15) is 0 Å². The van der Waals surface area contributed by atoms with E-state index in [0.29, 0.717) is 6.04 Å². The molecule has 0 saturated carbocycles. The first-order valence-corrected chi connectivity index (χ1v) is 7.53. The summed E-state index contributed by atoms with van der Waals surface area (Å²) in [7, 11) is 2.03. The zero-order valence-electron chi connectivity index (χ0n) is 11.4. The standard InChI is InChI=1S/C14H26N2S/c1-13(2)16(10-6-4-5-9-15-3)12-14-8-7-11-17-14/h7-8,11,13,15H,4-6,9-10,12H2,1-3H3. The van der Waals surface area contributed by atoms with Gasteiger partial charge in [-0.1, -0.05) is 12.5 Å². The van der Waals surface area contributed by atoms with Crippen molar-refractivity contribution in [2.45, 2.75) is 45.7 Å². The normalized spacial score (nSPS) is 11.6. The Morgan fingerprint density at radius 3 is 2.71 bits per heavy atom. The molecule has 1 aromatic rings. The van der Waals surface area contributed by atoms with Gasteiger partial charge in [0.2, 0.25) is 0 Å². The number of hydrogen-bond donors (Lipinski definition) is 1. The Bertz CT molecular complexity index is 270. The van der Waals surface area contributed by atoms with Crippen LogP contribution in [0.25, 0.3) is 0 Å². The predicted molar refractivity (Wildman–Crippen MR) is 77.6 cm³/mol. The van der Waals surface area contributed by atoms with Gasteiger partial charge in [-0.15, -0.1) is 11.3 Å². The van der Waals surface area contributed by atoms with E-state index in [1.165, 1.54) is 30.7 Å². The third-order valence-electron chi connectivity index (χ3n) is 3.04. The van der Waals surface area contributed by atoms with Crippen molar-refractivity contribution in [3.05, 3.63) is 22.4 Å². The molecule has 0 aliphatic rings. The van der Waals surface area contributed by atoms with E-state index in [9.17, 15) is 0 Å². The Hall–Kier alpha value is -0.380. The maximum Gasteiger partial charge on any atom is 0.0330 e. The van der Waals surface area contributed by atoms with E-state index in [0.717, 1.165) is 13.1 Å². The van der Waals surface area contributed by atoms with Crippen molar-refractivity contribution < 1.29 is 0 Å². The van der Waals surface area contributed by atoms with Crippen molar-refractivity contribution in [1.29, 1.82) is 0 Å². The van der Waals surface area contributed by atoms with Crippen LogP contribution in [0, 0.1) is 0 Å². The van der Waals surface area contributed by atoms with Crippen molar-refractivity contribution >= 4 is 11.3 Å². The molecule has 0 radical (unpaired) electrons. The fourth-order valence-electron chi connectivity index (χ4n) is 1.92. The number of hydrogen-bond acceptors (Lipinski definition) is 3. The van der Waals surface area contributed by atoms with Crippen molar-refractivity contribution in [2.75, 3.05) is 20.1 Å². The molecule has 0 aliphatic carbocycles. The molecule has 0 unspecified atom stereocenters. The molecule has 0 bridgehead atoms. The van der Waals surface area contributed by atoms with E-state index in [4.69, 9.17) is 0 Å². The topological polar surface area (TPSA) is 15.3 Å². The summed E-state index contributed by atoms with van der Waals surface area (Å²) in [6, 6.07) is 5.02. The molecule has 1 aromatic heterocycles. The zero-order valence-corrected chi connectivity index (χ0v) is 12.2. The molecule has 2 nitrogen and oxygen atoms in total. The van der Waals surface area contributed by atoms with Gasteiger partial charge < -0.3 is 5.32 Å². The van der Waals surface area contributed by atoms with Crippen LogP contribution in [0.5, 0.6) is 0 Å². The summed E-state index contributed by atoms with van der Waals surface area (Å²) in [5.74, 6) is 0. The van der Waals surface area contributed by atoms with E-state index in [1.54, 1.807) is 0 Å². The largest absolute Gasteiger partial charge is 0.320 e. The summed E-state index contributed by atoms with van der Waals surface area (Å²) in [5.41, 5.74) is 0. The molecular formula is C14H26N2S. The lowest BCUT2D eigenvalue weighted by Gasteiger charge is -2.25. The molecule has 98 valence electrons. The van der Waals surface area contributed by atoms with Gasteiger partial charge in [-0.05, 0) is 58.3 Å². The van der Waals surface area contributed by atoms with Gasteiger partial charge in [0.25, 0.3) is 0 Å². The van der Waals surface area contributed by atoms with Crippen LogP contribution < -0.4 is 5.32 Å². The SMILES string of the molecule is CNCCCCCN(Cc1cccs1)C(C)C. The summed E-state index contributed by atoms with van der Waals surface area (Å²) in [4.78, 5) is 4.06. The average molecular weight is 254 g/mol. The molecule has 17 heavy (non-hydrogen) atoms. The number of rotatable bonds is 9. The average Bonchev–Trinajstić information content (AvgIpc) is 2.79. The van der Waals surface area contributed by atoms with Gasteiger partial charge in [0.05, 0.1) is 0 Å². The second-order valence-corrected chi connectivity index (χ2v) is 5.84. The minimum absolute atomic E-state index is 0.640. The van der Waals surface area contributed by atoms with Gasteiger partial charge in [-0.2, -0.15) is 0 Å². The molecule has 0 spiro atoms. The lowest BCUT2D eigenvalue weighted by Crippen LogP contribution is -2.31.